The fourth-order valence-electron chi connectivity index (χ4n) is 3.53. The Bertz CT molecular complexity index is 900. The number of hydrogen-bond acceptors (Lipinski definition) is 6. The fraction of sp³-hybridized carbons (Fsp3) is 0.333. The Morgan fingerprint density at radius 2 is 1.81 bits per heavy atom. The summed E-state index contributed by atoms with van der Waals surface area (Å²) in [6, 6.07) is 8.05. The van der Waals surface area contributed by atoms with Crippen molar-refractivity contribution in [3.05, 3.63) is 53.1 Å². The molecule has 4 rings (SSSR count). The SMILES string of the molecule is COc1cc2c(c3c1[C@H](O)[C@H](O)[C@@H](c1ccc(O)cc1)O3)C=CC(C)(C)O2. The average molecular weight is 370 g/mol. The highest BCUT2D eigenvalue weighted by atomic mass is 16.5. The maximum atomic E-state index is 10.8. The molecule has 2 aliphatic heterocycles. The number of hydrogen-bond donors (Lipinski definition) is 3. The van der Waals surface area contributed by atoms with Crippen LogP contribution in [-0.2, 0) is 0 Å². The summed E-state index contributed by atoms with van der Waals surface area (Å²) in [5.74, 6) is 1.52. The largest absolute Gasteiger partial charge is 0.508 e. The number of aliphatic hydroxyl groups is 2. The summed E-state index contributed by atoms with van der Waals surface area (Å²) >= 11 is 0. The zero-order chi connectivity index (χ0) is 19.3. The summed E-state index contributed by atoms with van der Waals surface area (Å²) in [4.78, 5) is 0. The van der Waals surface area contributed by atoms with Gasteiger partial charge in [0, 0.05) is 6.07 Å². The van der Waals surface area contributed by atoms with Crippen molar-refractivity contribution in [2.75, 3.05) is 7.11 Å². The molecule has 0 radical (unpaired) electrons. The van der Waals surface area contributed by atoms with E-state index in [2.05, 4.69) is 0 Å². The molecular formula is C21H22O6. The van der Waals surface area contributed by atoms with Crippen LogP contribution in [0.3, 0.4) is 0 Å². The molecular weight excluding hydrogens is 348 g/mol. The van der Waals surface area contributed by atoms with Crippen molar-refractivity contribution in [2.24, 2.45) is 0 Å². The highest BCUT2D eigenvalue weighted by Crippen LogP contribution is 2.52. The third-order valence-electron chi connectivity index (χ3n) is 4.92. The summed E-state index contributed by atoms with van der Waals surface area (Å²) in [5, 5.41) is 31.0. The van der Waals surface area contributed by atoms with Gasteiger partial charge in [0.25, 0.3) is 0 Å². The fourth-order valence-corrected chi connectivity index (χ4v) is 3.53. The van der Waals surface area contributed by atoms with Gasteiger partial charge < -0.3 is 29.5 Å². The number of rotatable bonds is 2. The molecule has 142 valence electrons. The van der Waals surface area contributed by atoms with Gasteiger partial charge in [-0.3, -0.25) is 0 Å². The quantitative estimate of drug-likeness (QED) is 0.753. The number of methoxy groups -OCH3 is 1. The maximum Gasteiger partial charge on any atom is 0.152 e. The molecule has 6 heteroatoms. The Morgan fingerprint density at radius 3 is 2.48 bits per heavy atom. The predicted molar refractivity (Wildman–Crippen MR) is 99.2 cm³/mol. The van der Waals surface area contributed by atoms with Crippen LogP contribution in [0.5, 0.6) is 23.0 Å². The molecule has 2 aromatic rings. The van der Waals surface area contributed by atoms with E-state index in [-0.39, 0.29) is 5.75 Å². The molecule has 3 atom stereocenters. The van der Waals surface area contributed by atoms with E-state index in [1.54, 1.807) is 18.2 Å². The van der Waals surface area contributed by atoms with E-state index in [4.69, 9.17) is 14.2 Å². The number of aliphatic hydroxyl groups excluding tert-OH is 2. The lowest BCUT2D eigenvalue weighted by molar-refractivity contribution is -0.0712. The van der Waals surface area contributed by atoms with E-state index in [9.17, 15) is 15.3 Å². The lowest BCUT2D eigenvalue weighted by atomic mass is 9.88. The molecule has 2 aliphatic rings. The highest BCUT2D eigenvalue weighted by Gasteiger charge is 2.42. The van der Waals surface area contributed by atoms with Crippen LogP contribution in [0.2, 0.25) is 0 Å². The van der Waals surface area contributed by atoms with Crippen molar-refractivity contribution in [1.29, 1.82) is 0 Å². The summed E-state index contributed by atoms with van der Waals surface area (Å²) in [6.07, 6.45) is 0.621. The second-order valence-electron chi connectivity index (χ2n) is 7.34. The van der Waals surface area contributed by atoms with Gasteiger partial charge in [0.2, 0.25) is 0 Å². The Morgan fingerprint density at radius 1 is 1.11 bits per heavy atom. The van der Waals surface area contributed by atoms with E-state index < -0.39 is 23.9 Å². The minimum absolute atomic E-state index is 0.114. The van der Waals surface area contributed by atoms with Gasteiger partial charge in [-0.05, 0) is 43.7 Å². The second kappa shape index (κ2) is 6.18. The number of ether oxygens (including phenoxy) is 3. The lowest BCUT2D eigenvalue weighted by Gasteiger charge is -2.38. The lowest BCUT2D eigenvalue weighted by Crippen LogP contribution is -2.35. The molecule has 0 fully saturated rings. The van der Waals surface area contributed by atoms with E-state index in [0.29, 0.717) is 33.9 Å². The van der Waals surface area contributed by atoms with Gasteiger partial charge in [-0.25, -0.2) is 0 Å². The Balaban J connectivity index is 1.86. The summed E-state index contributed by atoms with van der Waals surface area (Å²) in [7, 11) is 1.50. The topological polar surface area (TPSA) is 88.4 Å². The van der Waals surface area contributed by atoms with Gasteiger partial charge >= 0.3 is 0 Å². The molecule has 6 nitrogen and oxygen atoms in total. The minimum atomic E-state index is -1.20. The third-order valence-corrected chi connectivity index (χ3v) is 4.92. The zero-order valence-electron chi connectivity index (χ0n) is 15.3. The number of aromatic hydroxyl groups is 1. The molecule has 0 saturated carbocycles. The van der Waals surface area contributed by atoms with Crippen LogP contribution >= 0.6 is 0 Å². The van der Waals surface area contributed by atoms with E-state index >= 15 is 0 Å². The molecule has 27 heavy (non-hydrogen) atoms. The van der Waals surface area contributed by atoms with Crippen molar-refractivity contribution in [3.63, 3.8) is 0 Å². The van der Waals surface area contributed by atoms with Gasteiger partial charge in [0.15, 0.2) is 6.10 Å². The van der Waals surface area contributed by atoms with Gasteiger partial charge in [0.1, 0.15) is 40.8 Å². The molecule has 0 saturated heterocycles. The van der Waals surface area contributed by atoms with Crippen LogP contribution < -0.4 is 14.2 Å². The first-order valence-electron chi connectivity index (χ1n) is 8.75. The Kier molecular flexibility index (Phi) is 4.05. The molecule has 2 aromatic carbocycles. The smallest absolute Gasteiger partial charge is 0.152 e. The summed E-state index contributed by atoms with van der Waals surface area (Å²) in [5.41, 5.74) is 1.25. The van der Waals surface area contributed by atoms with Crippen LogP contribution in [0, 0.1) is 0 Å². The normalized spacial score (nSPS) is 25.0. The average Bonchev–Trinajstić information content (AvgIpc) is 2.63. The van der Waals surface area contributed by atoms with E-state index in [0.717, 1.165) is 0 Å². The molecule has 0 amide bonds. The molecule has 0 bridgehead atoms. The van der Waals surface area contributed by atoms with Gasteiger partial charge in [-0.2, -0.15) is 0 Å². The van der Waals surface area contributed by atoms with Gasteiger partial charge in [-0.1, -0.05) is 12.1 Å². The number of phenolic OH excluding ortho intramolecular Hbond substituents is 1. The monoisotopic (exact) mass is 370 g/mol. The second-order valence-corrected chi connectivity index (χ2v) is 7.34. The molecule has 3 N–H and O–H groups in total. The van der Waals surface area contributed by atoms with Crippen LogP contribution in [0.15, 0.2) is 36.4 Å². The Hall–Kier alpha value is -2.70. The standard InChI is InChI=1S/C21H22O6/c1-21(2)9-8-13-14(27-21)10-15(25-3)16-17(23)18(24)19(26-20(13)16)11-4-6-12(22)7-5-11/h4-10,17-19,22-24H,1-3H3/t17-,18-,19+/m0/s1. The first-order valence-corrected chi connectivity index (χ1v) is 8.75. The maximum absolute atomic E-state index is 10.8. The van der Waals surface area contributed by atoms with Crippen molar-refractivity contribution in [1.82, 2.24) is 0 Å². The summed E-state index contributed by atoms with van der Waals surface area (Å²) < 4.78 is 17.6. The molecule has 0 aliphatic carbocycles. The zero-order valence-corrected chi connectivity index (χ0v) is 15.3. The first-order chi connectivity index (χ1) is 12.8. The summed E-state index contributed by atoms with van der Waals surface area (Å²) in [6.45, 7) is 3.88. The molecule has 0 unspecified atom stereocenters. The minimum Gasteiger partial charge on any atom is -0.508 e. The van der Waals surface area contributed by atoms with Crippen LogP contribution in [0.1, 0.15) is 42.7 Å². The van der Waals surface area contributed by atoms with Crippen LogP contribution in [-0.4, -0.2) is 34.1 Å². The molecule has 0 aromatic heterocycles. The number of benzene rings is 2. The molecule has 0 spiro atoms. The van der Waals surface area contributed by atoms with Crippen LogP contribution in [0.4, 0.5) is 0 Å². The van der Waals surface area contributed by atoms with E-state index in [1.165, 1.54) is 19.2 Å². The van der Waals surface area contributed by atoms with Crippen molar-refractivity contribution in [2.45, 2.75) is 37.8 Å². The van der Waals surface area contributed by atoms with Crippen molar-refractivity contribution < 1.29 is 29.5 Å². The first kappa shape index (κ1) is 17.7. The Labute approximate surface area is 157 Å². The predicted octanol–water partition coefficient (Wildman–Crippen LogP) is 3.11. The van der Waals surface area contributed by atoms with Crippen LogP contribution in [0.25, 0.3) is 6.08 Å². The number of phenols is 1. The van der Waals surface area contributed by atoms with Crippen molar-refractivity contribution in [3.8, 4) is 23.0 Å². The van der Waals surface area contributed by atoms with E-state index in [1.807, 2.05) is 26.0 Å². The van der Waals surface area contributed by atoms with Gasteiger partial charge in [-0.15, -0.1) is 0 Å². The highest BCUT2D eigenvalue weighted by molar-refractivity contribution is 5.73. The van der Waals surface area contributed by atoms with Gasteiger partial charge in [0.05, 0.1) is 18.2 Å². The van der Waals surface area contributed by atoms with Crippen molar-refractivity contribution >= 4 is 6.08 Å². The third kappa shape index (κ3) is 2.91. The molecule has 2 heterocycles. The number of fused-ring (bicyclic) bond motifs is 3.